The van der Waals surface area contributed by atoms with Crippen molar-refractivity contribution < 1.29 is 9.53 Å². The van der Waals surface area contributed by atoms with E-state index >= 15 is 0 Å². The molecule has 0 aliphatic rings. The van der Waals surface area contributed by atoms with Gasteiger partial charge in [0.15, 0.2) is 0 Å². The van der Waals surface area contributed by atoms with Crippen molar-refractivity contribution in [3.8, 4) is 0 Å². The van der Waals surface area contributed by atoms with Gasteiger partial charge in [-0.2, -0.15) is 0 Å². The fourth-order valence-electron chi connectivity index (χ4n) is 2.74. The van der Waals surface area contributed by atoms with Gasteiger partial charge in [0.05, 0.1) is 0 Å². The van der Waals surface area contributed by atoms with E-state index in [9.17, 15) is 4.79 Å². The third kappa shape index (κ3) is 6.02. The Morgan fingerprint density at radius 2 is 1.52 bits per heavy atom. The average molecular weight is 416 g/mol. The van der Waals surface area contributed by atoms with Crippen molar-refractivity contribution in [2.45, 2.75) is 38.0 Å². The molecule has 3 heteroatoms. The Morgan fingerprint density at radius 1 is 0.957 bits per heavy atom. The first-order chi connectivity index (χ1) is 11.1. The molecule has 121 valence electrons. The Morgan fingerprint density at radius 3 is 2.00 bits per heavy atom. The number of hydrogen-bond acceptors (Lipinski definition) is 2. The van der Waals surface area contributed by atoms with Crippen LogP contribution in [0.1, 0.15) is 30.9 Å². The standard InChI is InChI=1S/2C7H7.C6H11O2.Sn/c2*1-7-5-3-2-4-6-7;1-3-4-5-8-6(2)7;/h2*2-3,5-6H,1H3;1,3-5H2,2H3;. The van der Waals surface area contributed by atoms with Crippen LogP contribution in [0.15, 0.2) is 48.5 Å². The molecular weight excluding hydrogens is 391 g/mol. The van der Waals surface area contributed by atoms with Crippen LogP contribution in [0, 0.1) is 13.8 Å². The third-order valence-corrected chi connectivity index (χ3v) is 12.0. The van der Waals surface area contributed by atoms with Gasteiger partial charge in [0.2, 0.25) is 0 Å². The Kier molecular flexibility index (Phi) is 7.15. The van der Waals surface area contributed by atoms with Crippen LogP contribution >= 0.6 is 0 Å². The Labute approximate surface area is 146 Å². The molecule has 0 aliphatic heterocycles. The second-order valence-corrected chi connectivity index (χ2v) is 13.5. The van der Waals surface area contributed by atoms with Crippen molar-refractivity contribution in [1.82, 2.24) is 0 Å². The predicted octanol–water partition coefficient (Wildman–Crippen LogP) is 3.26. The van der Waals surface area contributed by atoms with E-state index in [0.717, 1.165) is 12.8 Å². The summed E-state index contributed by atoms with van der Waals surface area (Å²) in [5.74, 6) is -0.179. The first-order valence-corrected chi connectivity index (χ1v) is 13.1. The summed E-state index contributed by atoms with van der Waals surface area (Å²) >= 11 is -1.88. The van der Waals surface area contributed by atoms with Crippen molar-refractivity contribution in [2.75, 3.05) is 6.61 Å². The van der Waals surface area contributed by atoms with Gasteiger partial charge in [-0.05, 0) is 0 Å². The molecule has 0 aliphatic carbocycles. The van der Waals surface area contributed by atoms with Crippen LogP contribution in [0.2, 0.25) is 4.44 Å². The molecule has 0 N–H and O–H groups in total. The third-order valence-electron chi connectivity index (χ3n) is 3.86. The van der Waals surface area contributed by atoms with Gasteiger partial charge in [0, 0.05) is 0 Å². The molecule has 0 bridgehead atoms. The van der Waals surface area contributed by atoms with Crippen molar-refractivity contribution in [2.24, 2.45) is 0 Å². The summed E-state index contributed by atoms with van der Waals surface area (Å²) in [6.07, 6.45) is 2.09. The summed E-state index contributed by atoms with van der Waals surface area (Å²) < 4.78 is 9.44. The molecule has 0 unspecified atom stereocenters. The van der Waals surface area contributed by atoms with Gasteiger partial charge in [-0.3, -0.25) is 0 Å². The van der Waals surface area contributed by atoms with Gasteiger partial charge in [0.25, 0.3) is 0 Å². The molecule has 2 nitrogen and oxygen atoms in total. The fourth-order valence-corrected chi connectivity index (χ4v) is 11.1. The first kappa shape index (κ1) is 18.1. The number of aryl methyl sites for hydroxylation is 2. The molecule has 2 aromatic carbocycles. The number of unbranched alkanes of at least 4 members (excludes halogenated alkanes) is 1. The summed E-state index contributed by atoms with van der Waals surface area (Å²) in [6, 6.07) is 18.0. The molecule has 0 fully saturated rings. The van der Waals surface area contributed by atoms with Gasteiger partial charge in [-0.25, -0.2) is 0 Å². The molecule has 0 saturated heterocycles. The molecule has 0 amide bonds. The van der Waals surface area contributed by atoms with Crippen LogP contribution in [-0.2, 0) is 9.53 Å². The summed E-state index contributed by atoms with van der Waals surface area (Å²) in [7, 11) is 0. The van der Waals surface area contributed by atoms with Gasteiger partial charge in [-0.1, -0.05) is 0 Å². The van der Waals surface area contributed by atoms with Crippen molar-refractivity contribution in [3.05, 3.63) is 59.7 Å². The van der Waals surface area contributed by atoms with Crippen LogP contribution < -0.4 is 7.16 Å². The Bertz CT molecular complexity index is 606. The van der Waals surface area contributed by atoms with E-state index in [0.29, 0.717) is 6.61 Å². The minimum absolute atomic E-state index is 0.179. The van der Waals surface area contributed by atoms with Crippen LogP contribution in [0.3, 0.4) is 0 Å². The molecule has 0 aromatic heterocycles. The fraction of sp³-hybridized carbons (Fsp3) is 0.350. The average Bonchev–Trinajstić information content (AvgIpc) is 2.50. The summed E-state index contributed by atoms with van der Waals surface area (Å²) in [5.41, 5.74) is 2.68. The summed E-state index contributed by atoms with van der Waals surface area (Å²) in [5, 5.41) is 0. The van der Waals surface area contributed by atoms with Crippen LogP contribution in [0.5, 0.6) is 0 Å². The van der Waals surface area contributed by atoms with E-state index in [1.807, 2.05) is 0 Å². The van der Waals surface area contributed by atoms with Crippen LogP contribution in [0.25, 0.3) is 0 Å². The zero-order valence-corrected chi connectivity index (χ0v) is 17.1. The normalized spacial score (nSPS) is 10.8. The Hall–Kier alpha value is -1.29. The SMILES string of the molecule is CC(=O)OCCC[CH2][Sn]([c]1cccc(C)c1)[c]1cccc(C)c1. The number of esters is 1. The second kappa shape index (κ2) is 9.11. The Balaban J connectivity index is 2.10. The molecule has 0 saturated carbocycles. The number of hydrogen-bond donors (Lipinski definition) is 0. The predicted molar refractivity (Wildman–Crippen MR) is 98.1 cm³/mol. The molecule has 0 heterocycles. The van der Waals surface area contributed by atoms with Crippen molar-refractivity contribution in [3.63, 3.8) is 0 Å². The van der Waals surface area contributed by atoms with E-state index in [-0.39, 0.29) is 5.97 Å². The van der Waals surface area contributed by atoms with Gasteiger partial charge in [0.1, 0.15) is 0 Å². The second-order valence-electron chi connectivity index (χ2n) is 6.01. The molecular formula is C20H25O2Sn. The number of carbonyl (C=O) groups is 1. The molecule has 1 radical (unpaired) electrons. The molecule has 2 aromatic rings. The van der Waals surface area contributed by atoms with Gasteiger partial charge in [-0.15, -0.1) is 0 Å². The van der Waals surface area contributed by atoms with Crippen molar-refractivity contribution in [1.29, 1.82) is 0 Å². The molecule has 0 spiro atoms. The van der Waals surface area contributed by atoms with Crippen LogP contribution in [0.4, 0.5) is 0 Å². The maximum atomic E-state index is 10.8. The first-order valence-electron chi connectivity index (χ1n) is 8.19. The zero-order chi connectivity index (χ0) is 16.7. The number of rotatable bonds is 7. The van der Waals surface area contributed by atoms with E-state index in [2.05, 4.69) is 62.4 Å². The molecule has 23 heavy (non-hydrogen) atoms. The number of carbonyl (C=O) groups excluding carboxylic acids is 1. The topological polar surface area (TPSA) is 26.3 Å². The molecule has 0 atom stereocenters. The van der Waals surface area contributed by atoms with Crippen LogP contribution in [-0.4, -0.2) is 32.3 Å². The van der Waals surface area contributed by atoms with E-state index in [4.69, 9.17) is 4.74 Å². The van der Waals surface area contributed by atoms with Gasteiger partial charge < -0.3 is 0 Å². The zero-order valence-electron chi connectivity index (χ0n) is 14.3. The number of benzene rings is 2. The number of ether oxygens (including phenoxy) is 1. The van der Waals surface area contributed by atoms with E-state index < -0.39 is 19.8 Å². The van der Waals surface area contributed by atoms with Gasteiger partial charge >= 0.3 is 147 Å². The van der Waals surface area contributed by atoms with E-state index in [1.165, 1.54) is 22.5 Å². The van der Waals surface area contributed by atoms with Crippen molar-refractivity contribution >= 4 is 32.9 Å². The minimum atomic E-state index is -1.88. The maximum absolute atomic E-state index is 10.8. The summed E-state index contributed by atoms with van der Waals surface area (Å²) in [6.45, 7) is 6.36. The summed E-state index contributed by atoms with van der Waals surface area (Å²) in [4.78, 5) is 10.8. The van der Waals surface area contributed by atoms with E-state index in [1.54, 1.807) is 7.16 Å². The monoisotopic (exact) mass is 417 g/mol. The quantitative estimate of drug-likeness (QED) is 0.394. The molecule has 2 rings (SSSR count).